The first-order chi connectivity index (χ1) is 16.1. The minimum Gasteiger partial charge on any atom is -0.508 e. The lowest BCUT2D eigenvalue weighted by Gasteiger charge is -2.30. The molecule has 162 valence electrons. The second-order valence-electron chi connectivity index (χ2n) is 8.26. The fourth-order valence-corrected chi connectivity index (χ4v) is 5.82. The molecule has 2 heterocycles. The van der Waals surface area contributed by atoms with E-state index >= 15 is 0 Å². The minimum absolute atomic E-state index is 0.0582. The van der Waals surface area contributed by atoms with E-state index in [1.165, 1.54) is 22.5 Å². The van der Waals surface area contributed by atoms with Crippen molar-refractivity contribution in [2.24, 2.45) is 4.99 Å². The van der Waals surface area contributed by atoms with E-state index in [0.29, 0.717) is 14.4 Å². The average Bonchev–Trinajstić information content (AvgIpc) is 3.14. The quantitative estimate of drug-likeness (QED) is 0.462. The lowest BCUT2D eigenvalue weighted by atomic mass is 9.83. The molecule has 0 saturated carbocycles. The van der Waals surface area contributed by atoms with Crippen molar-refractivity contribution in [1.29, 1.82) is 0 Å². The fourth-order valence-electron chi connectivity index (χ4n) is 4.69. The van der Waals surface area contributed by atoms with Gasteiger partial charge in [-0.05, 0) is 65.4 Å². The number of aryl methyl sites for hydroxylation is 1. The summed E-state index contributed by atoms with van der Waals surface area (Å²) in [6.07, 6.45) is 3.64. The van der Waals surface area contributed by atoms with Crippen molar-refractivity contribution < 1.29 is 5.11 Å². The Labute approximate surface area is 199 Å². The molecule has 4 aromatic rings. The molecule has 0 unspecified atom stereocenters. The van der Waals surface area contributed by atoms with Crippen molar-refractivity contribution in [3.63, 3.8) is 0 Å². The van der Waals surface area contributed by atoms with Crippen LogP contribution >= 0.6 is 22.9 Å². The van der Waals surface area contributed by atoms with Crippen LogP contribution in [0.15, 0.2) is 88.2 Å². The first kappa shape index (κ1) is 20.2. The monoisotopic (exact) mass is 470 g/mol. The zero-order chi connectivity index (χ0) is 22.5. The van der Waals surface area contributed by atoms with Gasteiger partial charge in [0.05, 0.1) is 16.3 Å². The number of thiazole rings is 1. The Bertz CT molecular complexity index is 1600. The fraction of sp³-hybridized carbons (Fsp3) is 0.111. The molecule has 0 spiro atoms. The number of benzene rings is 3. The molecular formula is C27H19ClN2O2S. The van der Waals surface area contributed by atoms with E-state index in [1.54, 1.807) is 24.3 Å². The van der Waals surface area contributed by atoms with Crippen LogP contribution in [0.5, 0.6) is 5.75 Å². The Morgan fingerprint density at radius 2 is 1.76 bits per heavy atom. The maximum Gasteiger partial charge on any atom is 0.271 e. The molecule has 6 rings (SSSR count). The van der Waals surface area contributed by atoms with Crippen LogP contribution < -0.4 is 14.9 Å². The summed E-state index contributed by atoms with van der Waals surface area (Å²) in [5, 5.41) is 10.3. The van der Waals surface area contributed by atoms with Gasteiger partial charge in [-0.1, -0.05) is 71.5 Å². The zero-order valence-corrected chi connectivity index (χ0v) is 19.1. The van der Waals surface area contributed by atoms with Gasteiger partial charge < -0.3 is 5.11 Å². The number of aromatic hydroxyl groups is 1. The molecule has 2 aliphatic rings. The molecule has 3 aromatic carbocycles. The van der Waals surface area contributed by atoms with Gasteiger partial charge in [0.2, 0.25) is 0 Å². The van der Waals surface area contributed by atoms with Crippen LogP contribution in [0.4, 0.5) is 0 Å². The first-order valence-electron chi connectivity index (χ1n) is 10.8. The number of hydrogen-bond donors (Lipinski definition) is 1. The summed E-state index contributed by atoms with van der Waals surface area (Å²) in [6, 6.07) is 22.8. The number of aromatic nitrogens is 1. The third kappa shape index (κ3) is 3.45. The van der Waals surface area contributed by atoms with Crippen molar-refractivity contribution in [2.75, 3.05) is 0 Å². The summed E-state index contributed by atoms with van der Waals surface area (Å²) in [4.78, 5) is 19.3. The Kier molecular flexibility index (Phi) is 4.82. The Morgan fingerprint density at radius 1 is 1.00 bits per heavy atom. The molecule has 1 N–H and O–H groups in total. The van der Waals surface area contributed by atoms with Crippen molar-refractivity contribution in [3.8, 4) is 5.75 Å². The van der Waals surface area contributed by atoms with Crippen LogP contribution in [0.3, 0.4) is 0 Å². The molecule has 0 saturated heterocycles. The SMILES string of the molecule is O=c1/c(=C\c2ccc(O)cc2)sc2n1[C@@H](c1ccc(Cl)cc1)C1=C(N=2)c2ccccc2CC1. The molecular weight excluding hydrogens is 452 g/mol. The van der Waals surface area contributed by atoms with Gasteiger partial charge in [0.15, 0.2) is 4.80 Å². The van der Waals surface area contributed by atoms with E-state index < -0.39 is 0 Å². The predicted octanol–water partition coefficient (Wildman–Crippen LogP) is 4.68. The van der Waals surface area contributed by atoms with Gasteiger partial charge in [-0.25, -0.2) is 4.99 Å². The highest BCUT2D eigenvalue weighted by Gasteiger charge is 2.32. The van der Waals surface area contributed by atoms with Crippen LogP contribution in [-0.2, 0) is 6.42 Å². The maximum atomic E-state index is 13.6. The number of phenolic OH excluding ortho intramolecular Hbond substituents is 1. The topological polar surface area (TPSA) is 54.6 Å². The Balaban J connectivity index is 1.62. The third-order valence-corrected chi connectivity index (χ3v) is 7.48. The number of allylic oxidation sites excluding steroid dienone is 1. The number of nitrogens with zero attached hydrogens (tertiary/aromatic N) is 2. The average molecular weight is 471 g/mol. The molecule has 4 nitrogen and oxygen atoms in total. The number of halogens is 1. The van der Waals surface area contributed by atoms with Crippen LogP contribution in [0.2, 0.25) is 5.02 Å². The van der Waals surface area contributed by atoms with Crippen molar-refractivity contribution in [3.05, 3.63) is 125 Å². The second-order valence-corrected chi connectivity index (χ2v) is 9.70. The van der Waals surface area contributed by atoms with Crippen LogP contribution in [0.25, 0.3) is 11.8 Å². The Morgan fingerprint density at radius 3 is 2.55 bits per heavy atom. The number of hydrogen-bond acceptors (Lipinski definition) is 4. The second kappa shape index (κ2) is 7.87. The predicted molar refractivity (Wildman–Crippen MR) is 132 cm³/mol. The molecule has 6 heteroatoms. The largest absolute Gasteiger partial charge is 0.508 e. The summed E-state index contributed by atoms with van der Waals surface area (Å²) in [6.45, 7) is 0. The number of fused-ring (bicyclic) bond motifs is 3. The van der Waals surface area contributed by atoms with Gasteiger partial charge in [-0.2, -0.15) is 0 Å². The third-order valence-electron chi connectivity index (χ3n) is 6.25. The van der Waals surface area contributed by atoms with E-state index in [-0.39, 0.29) is 17.4 Å². The highest BCUT2D eigenvalue weighted by atomic mass is 35.5. The van der Waals surface area contributed by atoms with E-state index in [9.17, 15) is 9.90 Å². The van der Waals surface area contributed by atoms with Crippen molar-refractivity contribution in [2.45, 2.75) is 18.9 Å². The molecule has 1 aliphatic heterocycles. The molecule has 0 bridgehead atoms. The van der Waals surface area contributed by atoms with E-state index in [1.807, 2.05) is 41.0 Å². The number of phenols is 1. The van der Waals surface area contributed by atoms with Gasteiger partial charge >= 0.3 is 0 Å². The van der Waals surface area contributed by atoms with Crippen LogP contribution in [-0.4, -0.2) is 9.67 Å². The lowest BCUT2D eigenvalue weighted by molar-refractivity contribution is 0.475. The van der Waals surface area contributed by atoms with E-state index in [2.05, 4.69) is 18.2 Å². The summed E-state index contributed by atoms with van der Waals surface area (Å²) < 4.78 is 2.44. The number of rotatable bonds is 2. The van der Waals surface area contributed by atoms with E-state index in [4.69, 9.17) is 16.6 Å². The zero-order valence-electron chi connectivity index (χ0n) is 17.5. The summed E-state index contributed by atoms with van der Waals surface area (Å²) in [5.74, 6) is 0.197. The minimum atomic E-state index is -0.219. The van der Waals surface area contributed by atoms with Crippen LogP contribution in [0.1, 0.15) is 34.7 Å². The van der Waals surface area contributed by atoms with Gasteiger partial charge in [-0.3, -0.25) is 9.36 Å². The van der Waals surface area contributed by atoms with Gasteiger partial charge in [-0.15, -0.1) is 0 Å². The van der Waals surface area contributed by atoms with Gasteiger partial charge in [0.1, 0.15) is 5.75 Å². The molecule has 1 aliphatic carbocycles. The highest BCUT2D eigenvalue weighted by molar-refractivity contribution is 7.07. The summed E-state index contributed by atoms with van der Waals surface area (Å²) >= 11 is 7.57. The maximum absolute atomic E-state index is 13.6. The first-order valence-corrected chi connectivity index (χ1v) is 12.0. The standard InChI is InChI=1S/C27H19ClN2O2S/c28-19-10-7-18(8-11-19)25-22-14-9-17-3-1-2-4-21(17)24(22)29-27-30(25)26(32)23(33-27)15-16-5-12-20(31)13-6-16/h1-8,10-13,15,25,31H,9,14H2/b23-15+/t25-/m0/s1. The molecule has 0 fully saturated rings. The molecule has 1 atom stereocenters. The van der Waals surface area contributed by atoms with Crippen LogP contribution in [0, 0.1) is 0 Å². The molecule has 33 heavy (non-hydrogen) atoms. The van der Waals surface area contributed by atoms with Crippen molar-refractivity contribution in [1.82, 2.24) is 4.57 Å². The lowest BCUT2D eigenvalue weighted by Crippen LogP contribution is -2.38. The van der Waals surface area contributed by atoms with E-state index in [0.717, 1.165) is 35.2 Å². The molecule has 1 aromatic heterocycles. The summed E-state index contributed by atoms with van der Waals surface area (Å²) in [5.41, 5.74) is 6.41. The van der Waals surface area contributed by atoms with Gasteiger partial charge in [0.25, 0.3) is 5.56 Å². The normalized spacial score (nSPS) is 17.2. The summed E-state index contributed by atoms with van der Waals surface area (Å²) in [7, 11) is 0. The van der Waals surface area contributed by atoms with Crippen molar-refractivity contribution >= 4 is 34.7 Å². The Hall–Kier alpha value is -3.41. The highest BCUT2D eigenvalue weighted by Crippen LogP contribution is 2.41. The smallest absolute Gasteiger partial charge is 0.271 e. The molecule has 0 radical (unpaired) electrons. The molecule has 0 amide bonds. The van der Waals surface area contributed by atoms with Gasteiger partial charge in [0, 0.05) is 10.6 Å².